The van der Waals surface area contributed by atoms with Crippen molar-refractivity contribution in [2.75, 3.05) is 0 Å². The van der Waals surface area contributed by atoms with E-state index in [0.717, 1.165) is 29.3 Å². The zero-order chi connectivity index (χ0) is 10.8. The lowest BCUT2D eigenvalue weighted by Crippen LogP contribution is -2.11. The zero-order valence-corrected chi connectivity index (χ0v) is 9.93. The van der Waals surface area contributed by atoms with Gasteiger partial charge >= 0.3 is 0 Å². The van der Waals surface area contributed by atoms with Crippen LogP contribution in [0.4, 0.5) is 4.39 Å². The third-order valence-corrected chi connectivity index (χ3v) is 3.45. The Hall–Kier alpha value is -0.670. The monoisotopic (exact) mass is 269 g/mol. The minimum absolute atomic E-state index is 0.184. The van der Waals surface area contributed by atoms with Crippen LogP contribution in [-0.2, 0) is 6.42 Å². The van der Waals surface area contributed by atoms with Crippen LogP contribution in [0.15, 0.2) is 34.3 Å². The molecule has 0 spiro atoms. The van der Waals surface area contributed by atoms with Crippen molar-refractivity contribution in [1.82, 2.24) is 0 Å². The van der Waals surface area contributed by atoms with Crippen LogP contribution in [0.2, 0.25) is 0 Å². The summed E-state index contributed by atoms with van der Waals surface area (Å²) in [6.07, 6.45) is 4.94. The fourth-order valence-corrected chi connectivity index (χ4v) is 2.28. The molecular formula is C12H13BrFN. The van der Waals surface area contributed by atoms with Crippen LogP contribution in [0.1, 0.15) is 18.4 Å². The van der Waals surface area contributed by atoms with Crippen molar-refractivity contribution >= 4 is 15.9 Å². The Morgan fingerprint density at radius 3 is 2.93 bits per heavy atom. The van der Waals surface area contributed by atoms with Gasteiger partial charge in [0.25, 0.3) is 0 Å². The Kier molecular flexibility index (Phi) is 3.22. The molecule has 80 valence electrons. The topological polar surface area (TPSA) is 26.0 Å². The molecule has 3 heteroatoms. The van der Waals surface area contributed by atoms with Crippen LogP contribution < -0.4 is 5.73 Å². The quantitative estimate of drug-likeness (QED) is 0.821. The molecule has 1 aromatic carbocycles. The minimum atomic E-state index is -0.184. The van der Waals surface area contributed by atoms with E-state index < -0.39 is 0 Å². The lowest BCUT2D eigenvalue weighted by atomic mass is 10.0. The summed E-state index contributed by atoms with van der Waals surface area (Å²) in [6, 6.07) is 4.98. The summed E-state index contributed by atoms with van der Waals surface area (Å²) in [7, 11) is 0. The number of allylic oxidation sites excluding steroid dienone is 1. The van der Waals surface area contributed by atoms with Gasteiger partial charge in [-0.1, -0.05) is 27.6 Å². The van der Waals surface area contributed by atoms with Gasteiger partial charge in [0.15, 0.2) is 0 Å². The Labute approximate surface area is 97.3 Å². The van der Waals surface area contributed by atoms with Gasteiger partial charge in [-0.2, -0.15) is 0 Å². The number of benzene rings is 1. The molecule has 1 aliphatic carbocycles. The highest BCUT2D eigenvalue weighted by atomic mass is 79.9. The molecule has 0 saturated heterocycles. The summed E-state index contributed by atoms with van der Waals surface area (Å²) in [5, 5.41) is 0. The lowest BCUT2D eigenvalue weighted by molar-refractivity contribution is 0.625. The van der Waals surface area contributed by atoms with Crippen molar-refractivity contribution in [1.29, 1.82) is 0 Å². The van der Waals surface area contributed by atoms with Gasteiger partial charge in [0.2, 0.25) is 0 Å². The van der Waals surface area contributed by atoms with Crippen LogP contribution in [0.5, 0.6) is 0 Å². The van der Waals surface area contributed by atoms with Gasteiger partial charge in [-0.25, -0.2) is 4.39 Å². The highest BCUT2D eigenvalue weighted by molar-refractivity contribution is 9.10. The molecule has 0 radical (unpaired) electrons. The maximum atomic E-state index is 13.0. The minimum Gasteiger partial charge on any atom is -0.324 e. The van der Waals surface area contributed by atoms with E-state index >= 15 is 0 Å². The summed E-state index contributed by atoms with van der Waals surface area (Å²) in [4.78, 5) is 0. The fraction of sp³-hybridized carbons (Fsp3) is 0.333. The molecule has 1 nitrogen and oxygen atoms in total. The third-order valence-electron chi connectivity index (χ3n) is 2.67. The first kappa shape index (κ1) is 10.8. The van der Waals surface area contributed by atoms with Gasteiger partial charge in [-0.05, 0) is 43.0 Å². The number of hydrogen-bond donors (Lipinski definition) is 1. The average Bonchev–Trinajstić information content (AvgIpc) is 2.58. The summed E-state index contributed by atoms with van der Waals surface area (Å²) in [5.41, 5.74) is 8.09. The van der Waals surface area contributed by atoms with E-state index in [1.54, 1.807) is 12.1 Å². The Morgan fingerprint density at radius 2 is 2.27 bits per heavy atom. The predicted octanol–water partition coefficient (Wildman–Crippen LogP) is 3.18. The van der Waals surface area contributed by atoms with Crippen molar-refractivity contribution in [2.45, 2.75) is 25.3 Å². The van der Waals surface area contributed by atoms with Gasteiger partial charge in [0.1, 0.15) is 5.82 Å². The van der Waals surface area contributed by atoms with E-state index in [1.165, 1.54) is 11.6 Å². The highest BCUT2D eigenvalue weighted by Crippen LogP contribution is 2.25. The maximum absolute atomic E-state index is 13.0. The first-order valence-corrected chi connectivity index (χ1v) is 5.83. The van der Waals surface area contributed by atoms with Gasteiger partial charge in [-0.3, -0.25) is 0 Å². The molecule has 1 atom stereocenters. The predicted molar refractivity (Wildman–Crippen MR) is 63.1 cm³/mol. The maximum Gasteiger partial charge on any atom is 0.123 e. The number of nitrogens with two attached hydrogens (primary N) is 1. The summed E-state index contributed by atoms with van der Waals surface area (Å²) in [6.45, 7) is 0. The average molecular weight is 270 g/mol. The molecule has 0 saturated carbocycles. The van der Waals surface area contributed by atoms with Crippen LogP contribution in [0.25, 0.3) is 0 Å². The van der Waals surface area contributed by atoms with E-state index in [-0.39, 0.29) is 11.9 Å². The van der Waals surface area contributed by atoms with E-state index in [9.17, 15) is 4.39 Å². The molecule has 0 amide bonds. The molecule has 1 aromatic rings. The molecule has 1 aliphatic rings. The normalized spacial score (nSPS) is 20.5. The lowest BCUT2D eigenvalue weighted by Gasteiger charge is -2.05. The first-order chi connectivity index (χ1) is 7.15. The molecule has 2 N–H and O–H groups in total. The third kappa shape index (κ3) is 2.67. The summed E-state index contributed by atoms with van der Waals surface area (Å²) in [5.74, 6) is -0.184. The van der Waals surface area contributed by atoms with Crippen LogP contribution in [-0.4, -0.2) is 6.04 Å². The van der Waals surface area contributed by atoms with E-state index in [2.05, 4.69) is 22.0 Å². The second kappa shape index (κ2) is 4.45. The van der Waals surface area contributed by atoms with Crippen molar-refractivity contribution in [3.05, 3.63) is 45.7 Å². The van der Waals surface area contributed by atoms with Crippen LogP contribution in [0, 0.1) is 5.82 Å². The van der Waals surface area contributed by atoms with E-state index in [1.807, 2.05) is 0 Å². The molecule has 0 heterocycles. The summed E-state index contributed by atoms with van der Waals surface area (Å²) >= 11 is 3.43. The second-order valence-electron chi connectivity index (χ2n) is 3.94. The molecule has 0 aliphatic heterocycles. The van der Waals surface area contributed by atoms with Crippen molar-refractivity contribution in [3.8, 4) is 0 Å². The highest BCUT2D eigenvalue weighted by Gasteiger charge is 2.13. The Morgan fingerprint density at radius 1 is 1.47 bits per heavy atom. The first-order valence-electron chi connectivity index (χ1n) is 5.04. The molecule has 15 heavy (non-hydrogen) atoms. The smallest absolute Gasteiger partial charge is 0.123 e. The molecule has 0 fully saturated rings. The van der Waals surface area contributed by atoms with Gasteiger partial charge in [0.05, 0.1) is 0 Å². The summed E-state index contributed by atoms with van der Waals surface area (Å²) < 4.78 is 14.0. The molecule has 0 aromatic heterocycles. The van der Waals surface area contributed by atoms with Gasteiger partial charge in [0, 0.05) is 10.5 Å². The number of halogens is 2. The van der Waals surface area contributed by atoms with Crippen molar-refractivity contribution in [2.24, 2.45) is 5.73 Å². The molecule has 1 unspecified atom stereocenters. The molecule has 2 rings (SSSR count). The SMILES string of the molecule is NC1C=C(Cc2cc(F)ccc2Br)CC1. The zero-order valence-electron chi connectivity index (χ0n) is 8.34. The fourth-order valence-electron chi connectivity index (χ4n) is 1.89. The van der Waals surface area contributed by atoms with E-state index in [4.69, 9.17) is 5.73 Å². The Balaban J connectivity index is 2.17. The molecular weight excluding hydrogens is 257 g/mol. The molecule has 0 bridgehead atoms. The standard InChI is InChI=1S/C12H13BrFN/c13-12-4-2-10(14)7-9(12)5-8-1-3-11(15)6-8/h2,4,6-7,11H,1,3,5,15H2. The number of rotatable bonds is 2. The van der Waals surface area contributed by atoms with E-state index in [0.29, 0.717) is 0 Å². The van der Waals surface area contributed by atoms with Gasteiger partial charge < -0.3 is 5.73 Å². The van der Waals surface area contributed by atoms with Crippen molar-refractivity contribution < 1.29 is 4.39 Å². The van der Waals surface area contributed by atoms with Gasteiger partial charge in [-0.15, -0.1) is 0 Å². The largest absolute Gasteiger partial charge is 0.324 e. The second-order valence-corrected chi connectivity index (χ2v) is 4.79. The van der Waals surface area contributed by atoms with Crippen molar-refractivity contribution in [3.63, 3.8) is 0 Å². The number of hydrogen-bond acceptors (Lipinski definition) is 1. The Bertz CT molecular complexity index is 401. The van der Waals surface area contributed by atoms with Crippen LogP contribution in [0.3, 0.4) is 0 Å². The van der Waals surface area contributed by atoms with Crippen LogP contribution >= 0.6 is 15.9 Å².